The molecule has 8 heteroatoms. The van der Waals surface area contributed by atoms with Gasteiger partial charge >= 0.3 is 5.69 Å². The first-order valence-electron chi connectivity index (χ1n) is 7.82. The third kappa shape index (κ3) is 3.21. The summed E-state index contributed by atoms with van der Waals surface area (Å²) in [6, 6.07) is 10.6. The van der Waals surface area contributed by atoms with Crippen molar-refractivity contribution in [1.82, 2.24) is 9.55 Å². The number of aryl methyl sites for hydroxylation is 1. The predicted molar refractivity (Wildman–Crippen MR) is 94.7 cm³/mol. The molecule has 0 aliphatic rings. The highest BCUT2D eigenvalue weighted by Gasteiger charge is 2.27. The standard InChI is InChI=1S/C18H17FN4O3/c1-22-11-10-20-18(22)16(12-6-3-4-9-15(12)26-2)21-14-8-5-7-13(19)17(14)23(24)25/h3-11,16,21H,1-2H3. The van der Waals surface area contributed by atoms with Crippen LogP contribution in [0.5, 0.6) is 5.75 Å². The number of rotatable bonds is 6. The van der Waals surface area contributed by atoms with E-state index in [9.17, 15) is 14.5 Å². The second-order valence-electron chi connectivity index (χ2n) is 5.61. The number of hydrogen-bond donors (Lipinski definition) is 1. The van der Waals surface area contributed by atoms with Crippen LogP contribution in [0.2, 0.25) is 0 Å². The Bertz CT molecular complexity index is 942. The van der Waals surface area contributed by atoms with E-state index in [1.54, 1.807) is 30.1 Å². The molecule has 1 unspecified atom stereocenters. The number of methoxy groups -OCH3 is 1. The summed E-state index contributed by atoms with van der Waals surface area (Å²) in [6.07, 6.45) is 3.39. The van der Waals surface area contributed by atoms with Crippen LogP contribution in [0.1, 0.15) is 17.4 Å². The number of nitro groups is 1. The van der Waals surface area contributed by atoms with Crippen LogP contribution in [0.15, 0.2) is 54.9 Å². The highest BCUT2D eigenvalue weighted by atomic mass is 19.1. The van der Waals surface area contributed by atoms with Gasteiger partial charge in [-0.1, -0.05) is 24.3 Å². The average Bonchev–Trinajstić information content (AvgIpc) is 3.05. The maximum atomic E-state index is 14.0. The van der Waals surface area contributed by atoms with Crippen molar-refractivity contribution < 1.29 is 14.1 Å². The van der Waals surface area contributed by atoms with Gasteiger partial charge in [-0.25, -0.2) is 4.98 Å². The molecule has 1 aromatic heterocycles. The van der Waals surface area contributed by atoms with Crippen LogP contribution in [0.3, 0.4) is 0 Å². The lowest BCUT2D eigenvalue weighted by Crippen LogP contribution is -2.18. The van der Waals surface area contributed by atoms with E-state index in [1.165, 1.54) is 12.1 Å². The van der Waals surface area contributed by atoms with Gasteiger partial charge in [0, 0.05) is 25.0 Å². The van der Waals surface area contributed by atoms with Crippen molar-refractivity contribution in [3.05, 3.63) is 82.2 Å². The fourth-order valence-electron chi connectivity index (χ4n) is 2.81. The predicted octanol–water partition coefficient (Wildman–Crippen LogP) is 3.68. The van der Waals surface area contributed by atoms with E-state index < -0.39 is 22.5 Å². The van der Waals surface area contributed by atoms with E-state index in [0.29, 0.717) is 11.6 Å². The number of para-hydroxylation sites is 2. The highest BCUT2D eigenvalue weighted by Crippen LogP contribution is 2.35. The Labute approximate surface area is 149 Å². The summed E-state index contributed by atoms with van der Waals surface area (Å²) >= 11 is 0. The Kier molecular flexibility index (Phi) is 4.83. The molecule has 1 heterocycles. The van der Waals surface area contributed by atoms with E-state index in [-0.39, 0.29) is 5.69 Å². The molecule has 0 saturated carbocycles. The minimum absolute atomic E-state index is 0.0638. The molecular weight excluding hydrogens is 339 g/mol. The normalized spacial score (nSPS) is 11.8. The Balaban J connectivity index is 2.14. The van der Waals surface area contributed by atoms with Crippen molar-refractivity contribution in [3.63, 3.8) is 0 Å². The zero-order valence-electron chi connectivity index (χ0n) is 14.2. The molecule has 0 aliphatic carbocycles. The molecule has 0 spiro atoms. The van der Waals surface area contributed by atoms with Crippen LogP contribution in [-0.4, -0.2) is 21.6 Å². The maximum absolute atomic E-state index is 14.0. The number of halogens is 1. The van der Waals surface area contributed by atoms with Crippen molar-refractivity contribution in [2.75, 3.05) is 12.4 Å². The number of nitrogens with zero attached hydrogens (tertiary/aromatic N) is 3. The average molecular weight is 356 g/mol. The third-order valence-electron chi connectivity index (χ3n) is 4.04. The van der Waals surface area contributed by atoms with Gasteiger partial charge in [-0.3, -0.25) is 10.1 Å². The van der Waals surface area contributed by atoms with Gasteiger partial charge in [0.25, 0.3) is 0 Å². The number of benzene rings is 2. The topological polar surface area (TPSA) is 82.2 Å². The molecule has 134 valence electrons. The Morgan fingerprint density at radius 1 is 1.27 bits per heavy atom. The smallest absolute Gasteiger partial charge is 0.327 e. The largest absolute Gasteiger partial charge is 0.496 e. The number of aromatic nitrogens is 2. The van der Waals surface area contributed by atoms with E-state index in [1.807, 2.05) is 25.2 Å². The third-order valence-corrected chi connectivity index (χ3v) is 4.04. The molecule has 0 fully saturated rings. The molecule has 0 amide bonds. The summed E-state index contributed by atoms with van der Waals surface area (Å²) in [4.78, 5) is 14.9. The second kappa shape index (κ2) is 7.22. The molecule has 1 atom stereocenters. The van der Waals surface area contributed by atoms with Gasteiger partial charge in [-0.15, -0.1) is 0 Å². The fraction of sp³-hybridized carbons (Fsp3) is 0.167. The van der Waals surface area contributed by atoms with E-state index in [4.69, 9.17) is 4.74 Å². The molecule has 3 rings (SSSR count). The molecule has 7 nitrogen and oxygen atoms in total. The van der Waals surface area contributed by atoms with Crippen LogP contribution in [0.25, 0.3) is 0 Å². The number of imidazole rings is 1. The summed E-state index contributed by atoms with van der Waals surface area (Å²) in [5, 5.41) is 14.4. The fourth-order valence-corrected chi connectivity index (χ4v) is 2.81. The first kappa shape index (κ1) is 17.4. The van der Waals surface area contributed by atoms with Crippen molar-refractivity contribution in [2.45, 2.75) is 6.04 Å². The Morgan fingerprint density at radius 3 is 2.69 bits per heavy atom. The van der Waals surface area contributed by atoms with Crippen LogP contribution >= 0.6 is 0 Å². The SMILES string of the molecule is COc1ccccc1C(Nc1cccc(F)c1[N+](=O)[O-])c1nccn1C. The van der Waals surface area contributed by atoms with Crippen molar-refractivity contribution in [1.29, 1.82) is 0 Å². The maximum Gasteiger partial charge on any atom is 0.327 e. The van der Waals surface area contributed by atoms with Gasteiger partial charge in [0.2, 0.25) is 5.82 Å². The number of ether oxygens (including phenoxy) is 1. The summed E-state index contributed by atoms with van der Waals surface area (Å²) in [6.45, 7) is 0. The minimum Gasteiger partial charge on any atom is -0.496 e. The first-order valence-corrected chi connectivity index (χ1v) is 7.82. The number of nitro benzene ring substituents is 1. The van der Waals surface area contributed by atoms with Crippen LogP contribution in [0.4, 0.5) is 15.8 Å². The van der Waals surface area contributed by atoms with Gasteiger partial charge in [0.05, 0.1) is 12.0 Å². The zero-order chi connectivity index (χ0) is 18.7. The molecule has 1 N–H and O–H groups in total. The summed E-state index contributed by atoms with van der Waals surface area (Å²) in [5.74, 6) is 0.290. The molecule has 0 radical (unpaired) electrons. The van der Waals surface area contributed by atoms with E-state index in [0.717, 1.165) is 11.6 Å². The summed E-state index contributed by atoms with van der Waals surface area (Å²) < 4.78 is 21.2. The minimum atomic E-state index is -0.904. The molecule has 0 aliphatic heterocycles. The molecule has 0 bridgehead atoms. The Hall–Kier alpha value is -3.42. The summed E-state index contributed by atoms with van der Waals surface area (Å²) in [7, 11) is 3.35. The molecule has 26 heavy (non-hydrogen) atoms. The molecule has 0 saturated heterocycles. The van der Waals surface area contributed by atoms with Crippen LogP contribution < -0.4 is 10.1 Å². The first-order chi connectivity index (χ1) is 12.5. The van der Waals surface area contributed by atoms with Crippen LogP contribution in [-0.2, 0) is 7.05 Å². The van der Waals surface area contributed by atoms with Crippen LogP contribution in [0, 0.1) is 15.9 Å². The Morgan fingerprint density at radius 2 is 2.04 bits per heavy atom. The van der Waals surface area contributed by atoms with E-state index in [2.05, 4.69) is 10.3 Å². The monoisotopic (exact) mass is 356 g/mol. The molecule has 3 aromatic rings. The van der Waals surface area contributed by atoms with Gasteiger partial charge in [-0.2, -0.15) is 4.39 Å². The quantitative estimate of drug-likeness (QED) is 0.538. The van der Waals surface area contributed by atoms with Gasteiger partial charge in [0.1, 0.15) is 23.3 Å². The van der Waals surface area contributed by atoms with Crippen molar-refractivity contribution >= 4 is 11.4 Å². The second-order valence-corrected chi connectivity index (χ2v) is 5.61. The number of hydrogen-bond acceptors (Lipinski definition) is 5. The zero-order valence-corrected chi connectivity index (χ0v) is 14.2. The van der Waals surface area contributed by atoms with Gasteiger partial charge < -0.3 is 14.6 Å². The molecule has 2 aromatic carbocycles. The number of anilines is 1. The van der Waals surface area contributed by atoms with Crippen molar-refractivity contribution in [3.8, 4) is 5.75 Å². The van der Waals surface area contributed by atoms with Crippen molar-refractivity contribution in [2.24, 2.45) is 7.05 Å². The lowest BCUT2D eigenvalue weighted by molar-refractivity contribution is -0.386. The van der Waals surface area contributed by atoms with Gasteiger partial charge in [0.15, 0.2) is 0 Å². The lowest BCUT2D eigenvalue weighted by Gasteiger charge is -2.22. The van der Waals surface area contributed by atoms with Gasteiger partial charge in [-0.05, 0) is 18.2 Å². The summed E-state index contributed by atoms with van der Waals surface area (Å²) in [5.41, 5.74) is 0.179. The highest BCUT2D eigenvalue weighted by molar-refractivity contribution is 5.64. The molecular formula is C18H17FN4O3. The number of nitrogens with one attached hydrogen (secondary N) is 1. The lowest BCUT2D eigenvalue weighted by atomic mass is 10.0. The van der Waals surface area contributed by atoms with E-state index >= 15 is 0 Å².